The summed E-state index contributed by atoms with van der Waals surface area (Å²) in [5, 5.41) is 1.71. The maximum atomic E-state index is 11.4. The van der Waals surface area contributed by atoms with Gasteiger partial charge in [0.15, 0.2) is 0 Å². The Morgan fingerprint density at radius 1 is 1.11 bits per heavy atom. The quantitative estimate of drug-likeness (QED) is 0.379. The predicted molar refractivity (Wildman–Crippen MR) is 78.7 cm³/mol. The number of nitrogens with zero attached hydrogens (tertiary/aromatic N) is 1. The molecule has 0 unspecified atom stereocenters. The van der Waals surface area contributed by atoms with Gasteiger partial charge in [-0.25, -0.2) is 4.79 Å². The van der Waals surface area contributed by atoms with Gasteiger partial charge in [0.25, 0.3) is 0 Å². The van der Waals surface area contributed by atoms with E-state index in [9.17, 15) is 4.79 Å². The summed E-state index contributed by atoms with van der Waals surface area (Å²) < 4.78 is 0. The normalized spacial score (nSPS) is 9.67. The molecule has 0 aromatic rings. The Labute approximate surface area is 117 Å². The number of halogens is 1. The average molecular weight is 278 g/mol. The van der Waals surface area contributed by atoms with Crippen molar-refractivity contribution in [1.82, 2.24) is 5.06 Å². The molecular weight excluding hydrogens is 250 g/mol. The molecule has 0 aliphatic heterocycles. The van der Waals surface area contributed by atoms with Gasteiger partial charge in [0.1, 0.15) is 0 Å². The second-order valence-electron chi connectivity index (χ2n) is 3.95. The lowest BCUT2D eigenvalue weighted by molar-refractivity contribution is -0.185. The van der Waals surface area contributed by atoms with Gasteiger partial charge in [-0.3, -0.25) is 0 Å². The van der Waals surface area contributed by atoms with Crippen LogP contribution in [-0.2, 0) is 9.63 Å². The molecule has 0 radical (unpaired) electrons. The lowest BCUT2D eigenvalue weighted by Gasteiger charge is -2.19. The number of rotatable bonds is 8. The summed E-state index contributed by atoms with van der Waals surface area (Å²) in [7, 11) is 0. The van der Waals surface area contributed by atoms with E-state index in [0.29, 0.717) is 12.0 Å². The van der Waals surface area contributed by atoms with E-state index in [1.54, 1.807) is 5.06 Å². The fourth-order valence-corrected chi connectivity index (χ4v) is 1.03. The molecule has 0 aliphatic carbocycles. The first-order chi connectivity index (χ1) is 8.56. The van der Waals surface area contributed by atoms with Crippen molar-refractivity contribution < 1.29 is 9.63 Å². The van der Waals surface area contributed by atoms with Crippen LogP contribution in [0.3, 0.4) is 0 Å². The molecule has 0 aromatic heterocycles. The molecule has 4 heteroatoms. The maximum absolute atomic E-state index is 11.4. The van der Waals surface area contributed by atoms with Crippen LogP contribution in [0.15, 0.2) is 12.2 Å². The molecule has 0 rings (SSSR count). The van der Waals surface area contributed by atoms with Crippen LogP contribution in [0.2, 0.25) is 0 Å². The summed E-state index contributed by atoms with van der Waals surface area (Å²) in [6.45, 7) is 13.3. The third kappa shape index (κ3) is 11.9. The summed E-state index contributed by atoms with van der Waals surface area (Å²) in [6, 6.07) is 0. The summed E-state index contributed by atoms with van der Waals surface area (Å²) in [5.41, 5.74) is 0.530. The third-order valence-corrected chi connectivity index (χ3v) is 2.44. The molecule has 3 nitrogen and oxygen atoms in total. The Morgan fingerprint density at radius 2 is 1.56 bits per heavy atom. The number of hydroxylamine groups is 2. The number of hydrogen-bond acceptors (Lipinski definition) is 3. The summed E-state index contributed by atoms with van der Waals surface area (Å²) in [4.78, 5) is 16.5. The van der Waals surface area contributed by atoms with Gasteiger partial charge in [0, 0.05) is 24.5 Å². The fraction of sp³-hybridized carbons (Fsp3) is 0.786. The Hall–Kier alpha value is -0.540. The second-order valence-corrected chi connectivity index (χ2v) is 4.33. The maximum Gasteiger partial charge on any atom is 0.352 e. The zero-order valence-electron chi connectivity index (χ0n) is 12.3. The van der Waals surface area contributed by atoms with Crippen molar-refractivity contribution in [1.29, 1.82) is 0 Å². The minimum atomic E-state index is -0.297. The molecule has 0 aliphatic rings. The predicted octanol–water partition coefficient (Wildman–Crippen LogP) is 4.17. The molecule has 0 saturated heterocycles. The standard InChI is InChI=1S/C11H21NO2.C3H7Cl/c1-5-8-12(9-6-2)14-11(13)10(4)7-3;1-2-3-4/h4-9H2,1-3H3;2-3H2,1H3. The van der Waals surface area contributed by atoms with Crippen LogP contribution < -0.4 is 0 Å². The zero-order chi connectivity index (χ0) is 14.4. The Balaban J connectivity index is 0. The van der Waals surface area contributed by atoms with Crippen molar-refractivity contribution in [2.45, 2.75) is 53.4 Å². The molecule has 0 saturated carbocycles. The van der Waals surface area contributed by atoms with Gasteiger partial charge in [-0.05, 0) is 25.7 Å². The highest BCUT2D eigenvalue weighted by atomic mass is 35.5. The van der Waals surface area contributed by atoms with E-state index in [0.717, 1.165) is 38.2 Å². The van der Waals surface area contributed by atoms with E-state index < -0.39 is 0 Å². The number of alkyl halides is 1. The first-order valence-electron chi connectivity index (χ1n) is 6.78. The van der Waals surface area contributed by atoms with E-state index in [1.807, 2.05) is 13.8 Å². The van der Waals surface area contributed by atoms with E-state index in [4.69, 9.17) is 16.4 Å². The molecular formula is C14H28ClNO2. The minimum Gasteiger partial charge on any atom is -0.364 e. The summed E-state index contributed by atoms with van der Waals surface area (Å²) in [6.07, 6.45) is 3.68. The van der Waals surface area contributed by atoms with Gasteiger partial charge < -0.3 is 4.84 Å². The number of carbonyl (C=O) groups excluding carboxylic acids is 1. The number of carbonyl (C=O) groups is 1. The summed E-state index contributed by atoms with van der Waals surface area (Å²) in [5.74, 6) is 0.495. The van der Waals surface area contributed by atoms with Crippen LogP contribution in [0.1, 0.15) is 53.4 Å². The van der Waals surface area contributed by atoms with Gasteiger partial charge in [-0.2, -0.15) is 0 Å². The first-order valence-corrected chi connectivity index (χ1v) is 7.31. The Morgan fingerprint density at radius 3 is 1.83 bits per heavy atom. The van der Waals surface area contributed by atoms with E-state index in [-0.39, 0.29) is 5.97 Å². The largest absolute Gasteiger partial charge is 0.364 e. The third-order valence-electron chi connectivity index (χ3n) is 2.06. The van der Waals surface area contributed by atoms with Crippen molar-refractivity contribution in [3.8, 4) is 0 Å². The van der Waals surface area contributed by atoms with E-state index in [1.165, 1.54) is 0 Å². The van der Waals surface area contributed by atoms with Crippen molar-refractivity contribution in [2.75, 3.05) is 19.0 Å². The van der Waals surface area contributed by atoms with E-state index >= 15 is 0 Å². The van der Waals surface area contributed by atoms with Crippen LogP contribution in [0.25, 0.3) is 0 Å². The molecule has 0 heterocycles. The molecule has 0 atom stereocenters. The highest BCUT2D eigenvalue weighted by molar-refractivity contribution is 6.17. The number of hydrogen-bond donors (Lipinski definition) is 0. The topological polar surface area (TPSA) is 29.5 Å². The van der Waals surface area contributed by atoms with Crippen LogP contribution in [0.4, 0.5) is 0 Å². The average Bonchev–Trinajstić information content (AvgIpc) is 2.38. The van der Waals surface area contributed by atoms with Crippen LogP contribution >= 0.6 is 11.6 Å². The van der Waals surface area contributed by atoms with Crippen LogP contribution in [0.5, 0.6) is 0 Å². The zero-order valence-corrected chi connectivity index (χ0v) is 13.1. The first kappa shape index (κ1) is 19.8. The van der Waals surface area contributed by atoms with Gasteiger partial charge in [-0.1, -0.05) is 34.3 Å². The van der Waals surface area contributed by atoms with Gasteiger partial charge in [0.05, 0.1) is 0 Å². The van der Waals surface area contributed by atoms with Gasteiger partial charge >= 0.3 is 5.97 Å². The molecule has 0 aromatic carbocycles. The molecule has 0 amide bonds. The Bertz CT molecular complexity index is 212. The van der Waals surface area contributed by atoms with Crippen molar-refractivity contribution >= 4 is 17.6 Å². The van der Waals surface area contributed by atoms with Crippen molar-refractivity contribution in [3.05, 3.63) is 12.2 Å². The molecule has 18 heavy (non-hydrogen) atoms. The molecule has 108 valence electrons. The fourth-order valence-electron chi connectivity index (χ4n) is 1.03. The molecule has 0 bridgehead atoms. The monoisotopic (exact) mass is 277 g/mol. The van der Waals surface area contributed by atoms with Gasteiger partial charge in [-0.15, -0.1) is 16.7 Å². The molecule has 0 spiro atoms. The highest BCUT2D eigenvalue weighted by Crippen LogP contribution is 2.03. The van der Waals surface area contributed by atoms with Crippen LogP contribution in [-0.4, -0.2) is 30.0 Å². The van der Waals surface area contributed by atoms with Gasteiger partial charge in [0.2, 0.25) is 0 Å². The smallest absolute Gasteiger partial charge is 0.352 e. The van der Waals surface area contributed by atoms with Crippen molar-refractivity contribution in [2.24, 2.45) is 0 Å². The van der Waals surface area contributed by atoms with Crippen LogP contribution in [0, 0.1) is 0 Å². The minimum absolute atomic E-state index is 0.297. The lowest BCUT2D eigenvalue weighted by Crippen LogP contribution is -2.29. The second kappa shape index (κ2) is 14.5. The Kier molecular flexibility index (Phi) is 16.0. The van der Waals surface area contributed by atoms with Crippen molar-refractivity contribution in [3.63, 3.8) is 0 Å². The molecule has 0 fully saturated rings. The summed E-state index contributed by atoms with van der Waals surface area (Å²) >= 11 is 5.19. The lowest BCUT2D eigenvalue weighted by atomic mass is 10.2. The molecule has 0 N–H and O–H groups in total. The SMILES string of the molecule is C=C(CC)C(=O)ON(CCC)CCC.CCCCl. The van der Waals surface area contributed by atoms with E-state index in [2.05, 4.69) is 20.4 Å². The highest BCUT2D eigenvalue weighted by Gasteiger charge is 2.11.